The third-order valence-electron chi connectivity index (χ3n) is 4.54. The lowest BCUT2D eigenvalue weighted by molar-refractivity contribution is -0.119. The van der Waals surface area contributed by atoms with Crippen molar-refractivity contribution in [3.63, 3.8) is 0 Å². The van der Waals surface area contributed by atoms with Crippen LogP contribution in [0.15, 0.2) is 48.5 Å². The molecule has 2 aromatic carbocycles. The molecule has 1 saturated heterocycles. The number of likely N-dealkylation sites (tertiary alicyclic amines) is 1. The van der Waals surface area contributed by atoms with E-state index in [0.717, 1.165) is 12.8 Å². The Balaban J connectivity index is 1.71. The highest BCUT2D eigenvalue weighted by Crippen LogP contribution is 2.22. The van der Waals surface area contributed by atoms with Crippen LogP contribution in [-0.4, -0.2) is 29.3 Å². The lowest BCUT2D eigenvalue weighted by atomic mass is 10.1. The third kappa shape index (κ3) is 3.87. The van der Waals surface area contributed by atoms with Gasteiger partial charge in [-0.05, 0) is 61.2 Å². The fourth-order valence-electron chi connectivity index (χ4n) is 3.09. The molecule has 0 unspecified atom stereocenters. The second-order valence-electron chi connectivity index (χ2n) is 6.20. The van der Waals surface area contributed by atoms with Crippen molar-refractivity contribution in [2.24, 2.45) is 0 Å². The molecule has 0 bridgehead atoms. The van der Waals surface area contributed by atoms with Crippen molar-refractivity contribution in [1.29, 1.82) is 0 Å². The molecular formula is C20H21FN2O2. The Labute approximate surface area is 146 Å². The van der Waals surface area contributed by atoms with Gasteiger partial charge in [-0.1, -0.05) is 19.1 Å². The molecule has 25 heavy (non-hydrogen) atoms. The van der Waals surface area contributed by atoms with Crippen molar-refractivity contribution >= 4 is 17.5 Å². The highest BCUT2D eigenvalue weighted by Gasteiger charge is 2.34. The van der Waals surface area contributed by atoms with Gasteiger partial charge in [0, 0.05) is 17.8 Å². The number of anilines is 1. The molecule has 1 atom stereocenters. The summed E-state index contributed by atoms with van der Waals surface area (Å²) in [5, 5.41) is 2.77. The van der Waals surface area contributed by atoms with Crippen LogP contribution in [0.2, 0.25) is 0 Å². The predicted molar refractivity (Wildman–Crippen MR) is 94.9 cm³/mol. The Morgan fingerprint density at radius 3 is 2.44 bits per heavy atom. The largest absolute Gasteiger partial charge is 0.327 e. The van der Waals surface area contributed by atoms with Gasteiger partial charge in [0.25, 0.3) is 5.91 Å². The zero-order valence-electron chi connectivity index (χ0n) is 14.2. The van der Waals surface area contributed by atoms with Gasteiger partial charge < -0.3 is 10.2 Å². The first-order valence-corrected chi connectivity index (χ1v) is 8.55. The molecule has 1 aliphatic heterocycles. The van der Waals surface area contributed by atoms with Crippen LogP contribution in [0, 0.1) is 5.82 Å². The Hall–Kier alpha value is -2.69. The summed E-state index contributed by atoms with van der Waals surface area (Å²) in [4.78, 5) is 26.9. The molecule has 0 spiro atoms. The van der Waals surface area contributed by atoms with E-state index in [-0.39, 0.29) is 17.6 Å². The summed E-state index contributed by atoms with van der Waals surface area (Å²) < 4.78 is 13.0. The highest BCUT2D eigenvalue weighted by atomic mass is 19.1. The molecular weight excluding hydrogens is 319 g/mol. The summed E-state index contributed by atoms with van der Waals surface area (Å²) >= 11 is 0. The molecule has 2 aromatic rings. The number of carbonyl (C=O) groups is 2. The minimum Gasteiger partial charge on any atom is -0.327 e. The lowest BCUT2D eigenvalue weighted by Crippen LogP contribution is -2.43. The summed E-state index contributed by atoms with van der Waals surface area (Å²) in [6.07, 6.45) is 2.34. The Bertz CT molecular complexity index is 756. The number of halogens is 1. The second kappa shape index (κ2) is 7.47. The number of nitrogens with one attached hydrogen (secondary N) is 1. The summed E-state index contributed by atoms with van der Waals surface area (Å²) in [7, 11) is 0. The van der Waals surface area contributed by atoms with E-state index in [1.807, 2.05) is 24.3 Å². The van der Waals surface area contributed by atoms with Gasteiger partial charge in [-0.2, -0.15) is 0 Å². The topological polar surface area (TPSA) is 49.4 Å². The summed E-state index contributed by atoms with van der Waals surface area (Å²) in [5.74, 6) is -0.715. The van der Waals surface area contributed by atoms with Gasteiger partial charge in [0.1, 0.15) is 11.9 Å². The monoisotopic (exact) mass is 340 g/mol. The van der Waals surface area contributed by atoms with E-state index in [1.54, 1.807) is 4.90 Å². The van der Waals surface area contributed by atoms with Crippen LogP contribution in [0.5, 0.6) is 0 Å². The molecule has 4 nitrogen and oxygen atoms in total. The molecule has 1 heterocycles. The Morgan fingerprint density at radius 1 is 1.12 bits per heavy atom. The summed E-state index contributed by atoms with van der Waals surface area (Å²) in [5.41, 5.74) is 2.29. The molecule has 1 fully saturated rings. The van der Waals surface area contributed by atoms with E-state index in [0.29, 0.717) is 24.2 Å². The molecule has 1 N–H and O–H groups in total. The highest BCUT2D eigenvalue weighted by molar-refractivity contribution is 6.01. The van der Waals surface area contributed by atoms with Gasteiger partial charge in [0.2, 0.25) is 5.91 Å². The number of hydrogen-bond donors (Lipinski definition) is 1. The quantitative estimate of drug-likeness (QED) is 0.924. The molecule has 3 rings (SSSR count). The van der Waals surface area contributed by atoms with E-state index >= 15 is 0 Å². The Kier molecular flexibility index (Phi) is 5.12. The first kappa shape index (κ1) is 17.1. The van der Waals surface area contributed by atoms with E-state index in [4.69, 9.17) is 0 Å². The number of carbonyl (C=O) groups excluding carboxylic acids is 2. The van der Waals surface area contributed by atoms with Crippen molar-refractivity contribution < 1.29 is 14.0 Å². The van der Waals surface area contributed by atoms with Crippen molar-refractivity contribution in [1.82, 2.24) is 4.90 Å². The molecule has 5 heteroatoms. The van der Waals surface area contributed by atoms with Crippen molar-refractivity contribution in [3.8, 4) is 0 Å². The number of hydrogen-bond acceptors (Lipinski definition) is 2. The van der Waals surface area contributed by atoms with Gasteiger partial charge in [0.15, 0.2) is 0 Å². The van der Waals surface area contributed by atoms with Crippen LogP contribution in [0.4, 0.5) is 10.1 Å². The van der Waals surface area contributed by atoms with Crippen LogP contribution in [0.3, 0.4) is 0 Å². The third-order valence-corrected chi connectivity index (χ3v) is 4.54. The summed E-state index contributed by atoms with van der Waals surface area (Å²) in [6, 6.07) is 12.6. The maximum absolute atomic E-state index is 13.0. The molecule has 2 amide bonds. The van der Waals surface area contributed by atoms with Crippen molar-refractivity contribution in [2.75, 3.05) is 11.9 Å². The van der Waals surface area contributed by atoms with Gasteiger partial charge in [0.05, 0.1) is 0 Å². The van der Waals surface area contributed by atoms with Gasteiger partial charge in [-0.15, -0.1) is 0 Å². The van der Waals surface area contributed by atoms with Gasteiger partial charge >= 0.3 is 0 Å². The Morgan fingerprint density at radius 2 is 1.80 bits per heavy atom. The smallest absolute Gasteiger partial charge is 0.254 e. The number of aryl methyl sites for hydroxylation is 1. The summed E-state index contributed by atoms with van der Waals surface area (Å²) in [6.45, 7) is 2.63. The maximum atomic E-state index is 13.0. The van der Waals surface area contributed by atoms with E-state index in [2.05, 4.69) is 12.2 Å². The van der Waals surface area contributed by atoms with Crippen LogP contribution < -0.4 is 5.32 Å². The zero-order valence-corrected chi connectivity index (χ0v) is 14.2. The molecule has 0 radical (unpaired) electrons. The second-order valence-corrected chi connectivity index (χ2v) is 6.20. The molecule has 130 valence electrons. The average Bonchev–Trinajstić information content (AvgIpc) is 3.13. The normalized spacial score (nSPS) is 16.7. The van der Waals surface area contributed by atoms with E-state index in [1.165, 1.54) is 29.8 Å². The van der Waals surface area contributed by atoms with Crippen molar-refractivity contribution in [3.05, 3.63) is 65.5 Å². The number of amides is 2. The number of benzene rings is 2. The van der Waals surface area contributed by atoms with E-state index in [9.17, 15) is 14.0 Å². The van der Waals surface area contributed by atoms with Crippen LogP contribution in [0.1, 0.15) is 35.7 Å². The van der Waals surface area contributed by atoms with Gasteiger partial charge in [-0.25, -0.2) is 4.39 Å². The molecule has 1 aliphatic rings. The first-order valence-electron chi connectivity index (χ1n) is 8.55. The minimum absolute atomic E-state index is 0.126. The first-order chi connectivity index (χ1) is 12.1. The number of nitrogens with zero attached hydrogens (tertiary/aromatic N) is 1. The number of rotatable bonds is 4. The molecule has 0 saturated carbocycles. The maximum Gasteiger partial charge on any atom is 0.254 e. The van der Waals surface area contributed by atoms with E-state index < -0.39 is 6.04 Å². The lowest BCUT2D eigenvalue weighted by Gasteiger charge is -2.24. The van der Waals surface area contributed by atoms with Crippen LogP contribution in [0.25, 0.3) is 0 Å². The SMILES string of the molecule is CCc1ccc(C(=O)N2CCC[C@H]2C(=O)Nc2ccc(F)cc2)cc1. The minimum atomic E-state index is -0.497. The standard InChI is InChI=1S/C20H21FN2O2/c1-2-14-5-7-15(8-6-14)20(25)23-13-3-4-18(23)19(24)22-17-11-9-16(21)10-12-17/h5-12,18H,2-4,13H2,1H3,(H,22,24)/t18-/m0/s1. The van der Waals surface area contributed by atoms with Crippen LogP contribution in [-0.2, 0) is 11.2 Å². The zero-order chi connectivity index (χ0) is 17.8. The van der Waals surface area contributed by atoms with Crippen molar-refractivity contribution in [2.45, 2.75) is 32.2 Å². The fraction of sp³-hybridized carbons (Fsp3) is 0.300. The van der Waals surface area contributed by atoms with Crippen LogP contribution >= 0.6 is 0 Å². The van der Waals surface area contributed by atoms with Gasteiger partial charge in [-0.3, -0.25) is 9.59 Å². The average molecular weight is 340 g/mol. The molecule has 0 aliphatic carbocycles. The fourth-order valence-corrected chi connectivity index (χ4v) is 3.09. The predicted octanol–water partition coefficient (Wildman–Crippen LogP) is 3.63. The molecule has 0 aromatic heterocycles.